The molecule has 6 nitrogen and oxygen atoms in total. The van der Waals surface area contributed by atoms with Gasteiger partial charge in [-0.05, 0) is 0 Å². The first-order chi connectivity index (χ1) is 9.56. The first-order valence-corrected chi connectivity index (χ1v) is 5.85. The van der Waals surface area contributed by atoms with E-state index in [1.54, 1.807) is 12.1 Å². The van der Waals surface area contributed by atoms with E-state index in [4.69, 9.17) is 9.47 Å². The van der Waals surface area contributed by atoms with Crippen molar-refractivity contribution in [1.29, 1.82) is 0 Å². The molecule has 2 rings (SSSR count). The van der Waals surface area contributed by atoms with Gasteiger partial charge in [0.1, 0.15) is 5.69 Å². The van der Waals surface area contributed by atoms with Gasteiger partial charge in [-0.2, -0.15) is 0 Å². The van der Waals surface area contributed by atoms with Crippen molar-refractivity contribution in [1.82, 2.24) is 9.97 Å². The van der Waals surface area contributed by atoms with E-state index in [1.807, 2.05) is 18.2 Å². The fourth-order valence-corrected chi connectivity index (χ4v) is 1.55. The first-order valence-electron chi connectivity index (χ1n) is 5.85. The second kappa shape index (κ2) is 5.92. The maximum atomic E-state index is 11.1. The third-order valence-corrected chi connectivity index (χ3v) is 2.25. The normalized spacial score (nSPS) is 9.90. The molecule has 0 bridgehead atoms. The number of carbonyl (C=O) groups is 2. The first kappa shape index (κ1) is 13.7. The smallest absolute Gasteiger partial charge is 0.309 e. The van der Waals surface area contributed by atoms with Crippen molar-refractivity contribution < 1.29 is 19.1 Å². The zero-order valence-electron chi connectivity index (χ0n) is 11.0. The predicted molar refractivity (Wildman–Crippen MR) is 70.1 cm³/mol. The van der Waals surface area contributed by atoms with Gasteiger partial charge in [0.2, 0.25) is 11.8 Å². The second-order valence-corrected chi connectivity index (χ2v) is 3.92. The quantitative estimate of drug-likeness (QED) is 0.795. The average Bonchev–Trinajstić information content (AvgIpc) is 2.40. The lowest BCUT2D eigenvalue weighted by atomic mass is 10.1. The van der Waals surface area contributed by atoms with E-state index in [2.05, 4.69) is 9.97 Å². The molecule has 0 aliphatic carbocycles. The van der Waals surface area contributed by atoms with Crippen LogP contribution < -0.4 is 9.47 Å². The summed E-state index contributed by atoms with van der Waals surface area (Å²) < 4.78 is 9.89. The van der Waals surface area contributed by atoms with Crippen LogP contribution in [0.5, 0.6) is 11.8 Å². The van der Waals surface area contributed by atoms with E-state index >= 15 is 0 Å². The fourth-order valence-electron chi connectivity index (χ4n) is 1.55. The highest BCUT2D eigenvalue weighted by Crippen LogP contribution is 2.27. The van der Waals surface area contributed by atoms with Crippen LogP contribution in [-0.2, 0) is 9.59 Å². The van der Waals surface area contributed by atoms with Crippen LogP contribution in [0.1, 0.15) is 13.8 Å². The van der Waals surface area contributed by atoms with E-state index in [1.165, 1.54) is 20.0 Å². The number of benzene rings is 1. The monoisotopic (exact) mass is 272 g/mol. The van der Waals surface area contributed by atoms with E-state index in [0.29, 0.717) is 11.3 Å². The van der Waals surface area contributed by atoms with Gasteiger partial charge in [0.15, 0.2) is 0 Å². The van der Waals surface area contributed by atoms with E-state index in [-0.39, 0.29) is 11.8 Å². The number of ether oxygens (including phenoxy) is 2. The van der Waals surface area contributed by atoms with Gasteiger partial charge in [-0.25, -0.2) is 9.97 Å². The Labute approximate surface area is 115 Å². The van der Waals surface area contributed by atoms with Crippen LogP contribution in [0.25, 0.3) is 11.3 Å². The minimum atomic E-state index is -0.503. The summed E-state index contributed by atoms with van der Waals surface area (Å²) in [4.78, 5) is 30.2. The van der Waals surface area contributed by atoms with Crippen molar-refractivity contribution in [3.05, 3.63) is 36.5 Å². The summed E-state index contributed by atoms with van der Waals surface area (Å²) >= 11 is 0. The minimum absolute atomic E-state index is 0.0484. The van der Waals surface area contributed by atoms with Gasteiger partial charge in [-0.3, -0.25) is 9.59 Å². The number of esters is 2. The Kier molecular flexibility index (Phi) is 4.05. The zero-order chi connectivity index (χ0) is 14.5. The molecular formula is C14H12N2O4. The molecule has 0 fully saturated rings. The molecule has 0 aliphatic heterocycles. The molecule has 0 aliphatic rings. The molecule has 2 aromatic rings. The van der Waals surface area contributed by atoms with Crippen LogP contribution >= 0.6 is 0 Å². The summed E-state index contributed by atoms with van der Waals surface area (Å²) in [5.41, 5.74) is 1.03. The van der Waals surface area contributed by atoms with Crippen LogP contribution in [0.4, 0.5) is 0 Å². The molecule has 1 heterocycles. The van der Waals surface area contributed by atoms with Gasteiger partial charge >= 0.3 is 11.9 Å². The van der Waals surface area contributed by atoms with Crippen molar-refractivity contribution in [3.8, 4) is 23.0 Å². The standard InChI is InChI=1S/C14H12N2O4/c1-9(17)19-12-8-15-14(20-10(2)18)13(16-12)11-6-4-3-5-7-11/h3-8H,1-2H3. The maximum Gasteiger partial charge on any atom is 0.309 e. The van der Waals surface area contributed by atoms with Gasteiger partial charge in [0.25, 0.3) is 0 Å². The highest BCUT2D eigenvalue weighted by atomic mass is 16.5. The molecule has 6 heteroatoms. The Balaban J connectivity index is 2.48. The lowest BCUT2D eigenvalue weighted by molar-refractivity contribution is -0.133. The Morgan fingerprint density at radius 2 is 1.65 bits per heavy atom. The number of hydrogen-bond acceptors (Lipinski definition) is 6. The average molecular weight is 272 g/mol. The number of nitrogens with zero attached hydrogens (tertiary/aromatic N) is 2. The van der Waals surface area contributed by atoms with Crippen LogP contribution in [0.3, 0.4) is 0 Å². The predicted octanol–water partition coefficient (Wildman–Crippen LogP) is 1.99. The van der Waals surface area contributed by atoms with Crippen molar-refractivity contribution in [3.63, 3.8) is 0 Å². The molecule has 1 aromatic heterocycles. The molecule has 102 valence electrons. The van der Waals surface area contributed by atoms with Crippen LogP contribution in [0.2, 0.25) is 0 Å². The maximum absolute atomic E-state index is 11.1. The SMILES string of the molecule is CC(=O)Oc1cnc(OC(C)=O)c(-c2ccccc2)n1. The summed E-state index contributed by atoms with van der Waals surface area (Å²) in [7, 11) is 0. The highest BCUT2D eigenvalue weighted by molar-refractivity contribution is 5.74. The topological polar surface area (TPSA) is 78.4 Å². The molecule has 20 heavy (non-hydrogen) atoms. The largest absolute Gasteiger partial charge is 0.406 e. The van der Waals surface area contributed by atoms with Crippen molar-refractivity contribution in [2.24, 2.45) is 0 Å². The third-order valence-electron chi connectivity index (χ3n) is 2.25. The third kappa shape index (κ3) is 3.38. The Morgan fingerprint density at radius 3 is 2.25 bits per heavy atom. The van der Waals surface area contributed by atoms with E-state index in [9.17, 15) is 9.59 Å². The molecule has 0 spiro atoms. The molecule has 0 saturated heterocycles. The lowest BCUT2D eigenvalue weighted by Gasteiger charge is -2.08. The Hall–Kier alpha value is -2.76. The van der Waals surface area contributed by atoms with Gasteiger partial charge < -0.3 is 9.47 Å². The second-order valence-electron chi connectivity index (χ2n) is 3.92. The minimum Gasteiger partial charge on any atom is -0.406 e. The Morgan fingerprint density at radius 1 is 1.00 bits per heavy atom. The number of rotatable bonds is 3. The summed E-state index contributed by atoms with van der Waals surface area (Å²) in [5.74, 6) is -0.887. The molecule has 1 aromatic carbocycles. The van der Waals surface area contributed by atoms with Crippen molar-refractivity contribution >= 4 is 11.9 Å². The van der Waals surface area contributed by atoms with Crippen LogP contribution in [0, 0.1) is 0 Å². The van der Waals surface area contributed by atoms with Gasteiger partial charge in [0.05, 0.1) is 6.20 Å². The molecule has 0 N–H and O–H groups in total. The molecular weight excluding hydrogens is 260 g/mol. The number of aromatic nitrogens is 2. The van der Waals surface area contributed by atoms with Gasteiger partial charge in [-0.1, -0.05) is 30.3 Å². The van der Waals surface area contributed by atoms with Crippen LogP contribution in [-0.4, -0.2) is 21.9 Å². The Bertz CT molecular complexity index is 641. The molecule has 0 saturated carbocycles. The number of hydrogen-bond donors (Lipinski definition) is 0. The summed E-state index contributed by atoms with van der Waals surface area (Å²) in [5, 5.41) is 0. The molecule has 0 atom stereocenters. The summed E-state index contributed by atoms with van der Waals surface area (Å²) in [6.45, 7) is 2.54. The van der Waals surface area contributed by atoms with Gasteiger partial charge in [0, 0.05) is 19.4 Å². The molecule has 0 radical (unpaired) electrons. The van der Waals surface area contributed by atoms with Crippen molar-refractivity contribution in [2.45, 2.75) is 13.8 Å². The van der Waals surface area contributed by atoms with Crippen molar-refractivity contribution in [2.75, 3.05) is 0 Å². The van der Waals surface area contributed by atoms with Crippen LogP contribution in [0.15, 0.2) is 36.5 Å². The number of carbonyl (C=O) groups excluding carboxylic acids is 2. The molecule has 0 amide bonds. The van der Waals surface area contributed by atoms with E-state index in [0.717, 1.165) is 0 Å². The molecule has 0 unspecified atom stereocenters. The fraction of sp³-hybridized carbons (Fsp3) is 0.143. The van der Waals surface area contributed by atoms with E-state index < -0.39 is 11.9 Å². The summed E-state index contributed by atoms with van der Waals surface area (Å²) in [6.07, 6.45) is 1.23. The van der Waals surface area contributed by atoms with Gasteiger partial charge in [-0.15, -0.1) is 0 Å². The summed E-state index contributed by atoms with van der Waals surface area (Å²) in [6, 6.07) is 9.04. The zero-order valence-corrected chi connectivity index (χ0v) is 11.0. The lowest BCUT2D eigenvalue weighted by Crippen LogP contribution is -2.08. The highest BCUT2D eigenvalue weighted by Gasteiger charge is 2.14.